The van der Waals surface area contributed by atoms with Crippen molar-refractivity contribution in [1.29, 1.82) is 0 Å². The highest BCUT2D eigenvalue weighted by molar-refractivity contribution is 5.62. The quantitative estimate of drug-likeness (QED) is 0.804. The molecule has 1 unspecified atom stereocenters. The molecule has 122 valence electrons. The third kappa shape index (κ3) is 2.27. The monoisotopic (exact) mass is 322 g/mol. The molecule has 0 amide bonds. The van der Waals surface area contributed by atoms with Crippen LogP contribution in [0.1, 0.15) is 23.7 Å². The Labute approximate surface area is 139 Å². The Kier molecular flexibility index (Phi) is 3.37. The van der Waals surface area contributed by atoms with E-state index in [2.05, 4.69) is 14.9 Å². The molecule has 1 N–H and O–H groups in total. The molecule has 1 aliphatic carbocycles. The van der Waals surface area contributed by atoms with Crippen molar-refractivity contribution in [2.75, 3.05) is 7.11 Å². The van der Waals surface area contributed by atoms with Crippen molar-refractivity contribution in [3.8, 4) is 17.0 Å². The molecule has 0 spiro atoms. The summed E-state index contributed by atoms with van der Waals surface area (Å²) in [6.07, 6.45) is 6.06. The molecular formula is C18H18N4O2. The van der Waals surface area contributed by atoms with Gasteiger partial charge in [0, 0.05) is 30.8 Å². The Bertz CT molecular complexity index is 906. The zero-order valence-corrected chi connectivity index (χ0v) is 13.5. The lowest BCUT2D eigenvalue weighted by Crippen LogP contribution is -2.20. The molecule has 1 aliphatic rings. The van der Waals surface area contributed by atoms with E-state index in [1.165, 1.54) is 0 Å². The minimum absolute atomic E-state index is 0.0930. The van der Waals surface area contributed by atoms with Crippen molar-refractivity contribution in [3.63, 3.8) is 0 Å². The predicted octanol–water partition coefficient (Wildman–Crippen LogP) is 3.18. The average Bonchev–Trinajstić information content (AvgIpc) is 3.21. The van der Waals surface area contributed by atoms with E-state index >= 15 is 0 Å². The Morgan fingerprint density at radius 1 is 1.21 bits per heavy atom. The number of hydrogen-bond donors (Lipinski definition) is 1. The number of allylic oxidation sites excluding steroid dienone is 1. The number of nitrogens with zero attached hydrogens (tertiary/aromatic N) is 4. The van der Waals surface area contributed by atoms with Crippen LogP contribution in [-0.4, -0.2) is 31.8 Å². The van der Waals surface area contributed by atoms with Crippen LogP contribution in [0.4, 0.5) is 0 Å². The second-order valence-corrected chi connectivity index (χ2v) is 5.92. The first-order chi connectivity index (χ1) is 11.7. The molecule has 0 radical (unpaired) electrons. The van der Waals surface area contributed by atoms with Crippen LogP contribution in [0.2, 0.25) is 0 Å². The Hall–Kier alpha value is -3.02. The summed E-state index contributed by atoms with van der Waals surface area (Å²) in [5.74, 6) is 1.16. The molecule has 4 rings (SSSR count). The maximum atomic E-state index is 10.1. The van der Waals surface area contributed by atoms with Crippen LogP contribution in [-0.2, 0) is 7.05 Å². The standard InChI is InChI=1S/C18H18N4O2/c1-21-8-7-13-9-14(23)10-16(18(13)21)22-17(11-19-20-22)12-3-5-15(24-2)6-4-12/h3-9,11,16,23H,10H2,1-2H3. The second kappa shape index (κ2) is 5.56. The number of rotatable bonds is 3. The number of aliphatic hydroxyl groups is 1. The molecular weight excluding hydrogens is 304 g/mol. The highest BCUT2D eigenvalue weighted by Crippen LogP contribution is 2.36. The van der Waals surface area contributed by atoms with E-state index in [1.54, 1.807) is 13.3 Å². The van der Waals surface area contributed by atoms with E-state index in [1.807, 2.05) is 54.3 Å². The van der Waals surface area contributed by atoms with Gasteiger partial charge in [0.2, 0.25) is 0 Å². The predicted molar refractivity (Wildman–Crippen MR) is 90.8 cm³/mol. The molecule has 1 atom stereocenters. The molecule has 0 aliphatic heterocycles. The topological polar surface area (TPSA) is 65.1 Å². The van der Waals surface area contributed by atoms with E-state index < -0.39 is 0 Å². The van der Waals surface area contributed by atoms with Gasteiger partial charge in [0.05, 0.1) is 30.5 Å². The number of aliphatic hydroxyl groups excluding tert-OH is 1. The summed E-state index contributed by atoms with van der Waals surface area (Å²) >= 11 is 0. The molecule has 3 aromatic rings. The molecule has 1 aromatic carbocycles. The Balaban J connectivity index is 1.80. The highest BCUT2D eigenvalue weighted by Gasteiger charge is 2.28. The normalized spacial score (nSPS) is 16.6. The fourth-order valence-corrected chi connectivity index (χ4v) is 3.29. The summed E-state index contributed by atoms with van der Waals surface area (Å²) in [4.78, 5) is 0. The summed E-state index contributed by atoms with van der Waals surface area (Å²) in [7, 11) is 3.65. The lowest BCUT2D eigenvalue weighted by Gasteiger charge is -2.24. The van der Waals surface area contributed by atoms with Gasteiger partial charge < -0.3 is 14.4 Å². The molecule has 2 aromatic heterocycles. The van der Waals surface area contributed by atoms with Crippen LogP contribution < -0.4 is 4.74 Å². The van der Waals surface area contributed by atoms with Gasteiger partial charge in [0.1, 0.15) is 11.8 Å². The number of aryl methyl sites for hydroxylation is 1. The van der Waals surface area contributed by atoms with E-state index in [0.29, 0.717) is 12.2 Å². The van der Waals surface area contributed by atoms with Gasteiger partial charge in [-0.15, -0.1) is 5.10 Å². The summed E-state index contributed by atoms with van der Waals surface area (Å²) in [6.45, 7) is 0. The third-order valence-corrected chi connectivity index (χ3v) is 4.45. The van der Waals surface area contributed by atoms with Crippen LogP contribution in [0.25, 0.3) is 17.3 Å². The average molecular weight is 322 g/mol. The minimum Gasteiger partial charge on any atom is -0.512 e. The Morgan fingerprint density at radius 2 is 2.00 bits per heavy atom. The molecule has 0 saturated carbocycles. The first kappa shape index (κ1) is 14.6. The van der Waals surface area contributed by atoms with Crippen molar-refractivity contribution in [1.82, 2.24) is 19.6 Å². The fraction of sp³-hybridized carbons (Fsp3) is 0.222. The third-order valence-electron chi connectivity index (χ3n) is 4.45. The molecule has 2 heterocycles. The van der Waals surface area contributed by atoms with E-state index in [-0.39, 0.29) is 6.04 Å². The summed E-state index contributed by atoms with van der Waals surface area (Å²) in [5.41, 5.74) is 4.05. The van der Waals surface area contributed by atoms with E-state index in [4.69, 9.17) is 4.74 Å². The van der Waals surface area contributed by atoms with Crippen molar-refractivity contribution in [3.05, 3.63) is 59.7 Å². The van der Waals surface area contributed by atoms with Gasteiger partial charge in [-0.2, -0.15) is 0 Å². The van der Waals surface area contributed by atoms with Crippen molar-refractivity contribution in [2.24, 2.45) is 7.05 Å². The number of hydrogen-bond acceptors (Lipinski definition) is 4. The van der Waals surface area contributed by atoms with Crippen molar-refractivity contribution >= 4 is 6.08 Å². The van der Waals surface area contributed by atoms with Gasteiger partial charge in [-0.1, -0.05) is 5.21 Å². The summed E-state index contributed by atoms with van der Waals surface area (Å²) in [6, 6.07) is 9.71. The smallest absolute Gasteiger partial charge is 0.118 e. The van der Waals surface area contributed by atoms with Crippen molar-refractivity contribution < 1.29 is 9.84 Å². The first-order valence-electron chi connectivity index (χ1n) is 7.76. The van der Waals surface area contributed by atoms with Gasteiger partial charge in [-0.25, -0.2) is 4.68 Å². The second-order valence-electron chi connectivity index (χ2n) is 5.92. The zero-order valence-electron chi connectivity index (χ0n) is 13.5. The number of fused-ring (bicyclic) bond motifs is 1. The van der Waals surface area contributed by atoms with Crippen molar-refractivity contribution in [2.45, 2.75) is 12.5 Å². The van der Waals surface area contributed by atoms with E-state index in [9.17, 15) is 5.11 Å². The van der Waals surface area contributed by atoms with Gasteiger partial charge in [0.15, 0.2) is 0 Å². The molecule has 6 heteroatoms. The number of ether oxygens (including phenoxy) is 1. The van der Waals surface area contributed by atoms with Crippen LogP contribution in [0.3, 0.4) is 0 Å². The van der Waals surface area contributed by atoms with Crippen LogP contribution >= 0.6 is 0 Å². The van der Waals surface area contributed by atoms with Crippen LogP contribution in [0.5, 0.6) is 5.75 Å². The van der Waals surface area contributed by atoms with Gasteiger partial charge in [-0.3, -0.25) is 0 Å². The van der Waals surface area contributed by atoms with Gasteiger partial charge >= 0.3 is 0 Å². The fourth-order valence-electron chi connectivity index (χ4n) is 3.29. The largest absolute Gasteiger partial charge is 0.512 e. The van der Waals surface area contributed by atoms with E-state index in [0.717, 1.165) is 28.3 Å². The van der Waals surface area contributed by atoms with Crippen LogP contribution in [0.15, 0.2) is 48.5 Å². The number of aromatic nitrogens is 4. The number of methoxy groups -OCH3 is 1. The summed E-state index contributed by atoms with van der Waals surface area (Å²) in [5, 5.41) is 18.5. The molecule has 0 bridgehead atoms. The molecule has 24 heavy (non-hydrogen) atoms. The lowest BCUT2D eigenvalue weighted by atomic mass is 9.97. The molecule has 0 saturated heterocycles. The number of benzene rings is 1. The van der Waals surface area contributed by atoms with Gasteiger partial charge in [0.25, 0.3) is 0 Å². The lowest BCUT2D eigenvalue weighted by molar-refractivity contribution is 0.349. The minimum atomic E-state index is -0.0930. The first-order valence-corrected chi connectivity index (χ1v) is 7.76. The highest BCUT2D eigenvalue weighted by atomic mass is 16.5. The summed E-state index contributed by atoms with van der Waals surface area (Å²) < 4.78 is 9.17. The zero-order chi connectivity index (χ0) is 16.7. The Morgan fingerprint density at radius 3 is 2.75 bits per heavy atom. The molecule has 6 nitrogen and oxygen atoms in total. The van der Waals surface area contributed by atoms with Crippen LogP contribution in [0, 0.1) is 0 Å². The maximum Gasteiger partial charge on any atom is 0.118 e. The molecule has 0 fully saturated rings. The van der Waals surface area contributed by atoms with Gasteiger partial charge in [-0.05, 0) is 36.4 Å². The maximum absolute atomic E-state index is 10.1. The SMILES string of the molecule is COc1ccc(-c2cnnn2C2CC(O)=Cc3ccn(C)c32)cc1.